The van der Waals surface area contributed by atoms with E-state index in [1.165, 1.54) is 23.5 Å². The number of nitrogens with one attached hydrogen (secondary N) is 2. The third-order valence-corrected chi connectivity index (χ3v) is 7.18. The molecule has 9 heteroatoms. The Balaban J connectivity index is 1.86. The normalized spacial score (nSPS) is 19.7. The van der Waals surface area contributed by atoms with Gasteiger partial charge in [0.05, 0.1) is 31.0 Å². The molecule has 0 saturated carbocycles. The second-order valence-corrected chi connectivity index (χ2v) is 9.52. The van der Waals surface area contributed by atoms with E-state index >= 15 is 0 Å². The minimum atomic E-state index is -3.51. The quantitative estimate of drug-likeness (QED) is 0.561. The summed E-state index contributed by atoms with van der Waals surface area (Å²) >= 11 is 0. The number of quaternary nitrogens is 1. The Morgan fingerprint density at radius 1 is 1.21 bits per heavy atom. The van der Waals surface area contributed by atoms with Crippen molar-refractivity contribution in [2.45, 2.75) is 37.5 Å². The van der Waals surface area contributed by atoms with Crippen LogP contribution in [0.1, 0.15) is 32.6 Å². The SMILES string of the molecule is CCCCN(C)S(=O)(=O)c1ccc(NC(=O)C[NH+]2CCC(C(=O)OC)CC2)cc1. The van der Waals surface area contributed by atoms with Gasteiger partial charge in [-0.25, -0.2) is 12.7 Å². The van der Waals surface area contributed by atoms with Crippen LogP contribution in [-0.2, 0) is 24.3 Å². The maximum Gasteiger partial charge on any atom is 0.309 e. The number of piperidine rings is 1. The van der Waals surface area contributed by atoms with Crippen LogP contribution in [0.25, 0.3) is 0 Å². The van der Waals surface area contributed by atoms with Crippen molar-refractivity contribution in [3.05, 3.63) is 24.3 Å². The van der Waals surface area contributed by atoms with Crippen LogP contribution < -0.4 is 10.2 Å². The molecule has 8 nitrogen and oxygen atoms in total. The van der Waals surface area contributed by atoms with E-state index in [0.29, 0.717) is 31.6 Å². The van der Waals surface area contributed by atoms with Gasteiger partial charge in [-0.2, -0.15) is 0 Å². The van der Waals surface area contributed by atoms with Crippen molar-refractivity contribution in [1.82, 2.24) is 4.31 Å². The number of unbranched alkanes of at least 4 members (excludes halogenated alkanes) is 1. The topological polar surface area (TPSA) is 97.2 Å². The van der Waals surface area contributed by atoms with E-state index < -0.39 is 10.0 Å². The summed E-state index contributed by atoms with van der Waals surface area (Å²) in [6.07, 6.45) is 3.16. The molecule has 0 spiro atoms. The number of sulfonamides is 1. The predicted octanol–water partition coefficient (Wildman–Crippen LogP) is 0.514. The maximum absolute atomic E-state index is 12.5. The van der Waals surface area contributed by atoms with Crippen LogP contribution in [0.15, 0.2) is 29.2 Å². The third-order valence-electron chi connectivity index (χ3n) is 5.31. The van der Waals surface area contributed by atoms with Crippen molar-refractivity contribution < 1.29 is 27.6 Å². The molecule has 0 bridgehead atoms. The predicted molar refractivity (Wildman–Crippen MR) is 110 cm³/mol. The number of methoxy groups -OCH3 is 1. The van der Waals surface area contributed by atoms with Crippen molar-refractivity contribution in [2.24, 2.45) is 5.92 Å². The highest BCUT2D eigenvalue weighted by atomic mass is 32.2. The summed E-state index contributed by atoms with van der Waals surface area (Å²) in [6, 6.07) is 6.25. The third kappa shape index (κ3) is 6.52. The first-order valence-corrected chi connectivity index (χ1v) is 11.5. The van der Waals surface area contributed by atoms with E-state index in [-0.39, 0.29) is 22.7 Å². The molecule has 162 valence electrons. The van der Waals surface area contributed by atoms with E-state index in [1.54, 1.807) is 19.2 Å². The van der Waals surface area contributed by atoms with Gasteiger partial charge in [0.1, 0.15) is 0 Å². The minimum Gasteiger partial charge on any atom is -0.469 e. The van der Waals surface area contributed by atoms with Crippen LogP contribution in [0.2, 0.25) is 0 Å². The zero-order chi connectivity index (χ0) is 21.4. The van der Waals surface area contributed by atoms with E-state index in [4.69, 9.17) is 4.74 Å². The lowest BCUT2D eigenvalue weighted by Gasteiger charge is -2.27. The van der Waals surface area contributed by atoms with Gasteiger partial charge in [0.2, 0.25) is 10.0 Å². The molecule has 1 saturated heterocycles. The molecule has 0 aromatic heterocycles. The highest BCUT2D eigenvalue weighted by Gasteiger charge is 2.29. The second-order valence-electron chi connectivity index (χ2n) is 7.48. The lowest BCUT2D eigenvalue weighted by atomic mass is 9.97. The number of hydrogen-bond acceptors (Lipinski definition) is 5. The van der Waals surface area contributed by atoms with Gasteiger partial charge in [-0.1, -0.05) is 13.3 Å². The number of benzene rings is 1. The van der Waals surface area contributed by atoms with Gasteiger partial charge < -0.3 is 15.0 Å². The molecule has 2 N–H and O–H groups in total. The van der Waals surface area contributed by atoms with Gasteiger partial charge in [-0.05, 0) is 30.7 Å². The van der Waals surface area contributed by atoms with Crippen LogP contribution in [-0.4, -0.2) is 64.9 Å². The Kier molecular flexibility index (Phi) is 8.60. The molecule has 2 rings (SSSR count). The molecule has 1 aliphatic heterocycles. The summed E-state index contributed by atoms with van der Waals surface area (Å²) in [5.41, 5.74) is 0.564. The summed E-state index contributed by atoms with van der Waals surface area (Å²) in [4.78, 5) is 25.2. The Hall–Kier alpha value is -1.97. The molecular weight excluding hydrogens is 394 g/mol. The van der Waals surface area contributed by atoms with Crippen LogP contribution >= 0.6 is 0 Å². The van der Waals surface area contributed by atoms with Crippen LogP contribution in [0.5, 0.6) is 0 Å². The minimum absolute atomic E-state index is 0.0724. The lowest BCUT2D eigenvalue weighted by Crippen LogP contribution is -3.14. The number of hydrogen-bond donors (Lipinski definition) is 2. The Bertz CT molecular complexity index is 787. The van der Waals surface area contributed by atoms with Crippen LogP contribution in [0.4, 0.5) is 5.69 Å². The standard InChI is InChI=1S/C20H31N3O5S/c1-4-5-12-22(2)29(26,27)18-8-6-17(7-9-18)21-19(24)15-23-13-10-16(11-14-23)20(25)28-3/h6-9,16H,4-5,10-15H2,1-3H3,(H,21,24)/p+1. The van der Waals surface area contributed by atoms with Gasteiger partial charge in [0.25, 0.3) is 5.91 Å². The summed E-state index contributed by atoms with van der Waals surface area (Å²) in [7, 11) is -0.541. The van der Waals surface area contributed by atoms with E-state index in [9.17, 15) is 18.0 Å². The molecule has 1 aromatic rings. The summed E-state index contributed by atoms with van der Waals surface area (Å²) in [5, 5.41) is 2.82. The lowest BCUT2D eigenvalue weighted by molar-refractivity contribution is -0.897. The molecule has 1 fully saturated rings. The monoisotopic (exact) mass is 426 g/mol. The number of ether oxygens (including phenoxy) is 1. The number of carbonyl (C=O) groups is 2. The number of amides is 1. The van der Waals surface area contributed by atoms with Gasteiger partial charge in [0.15, 0.2) is 6.54 Å². The first-order chi connectivity index (χ1) is 13.8. The molecule has 0 atom stereocenters. The molecule has 1 amide bonds. The fraction of sp³-hybridized carbons (Fsp3) is 0.600. The molecular formula is C20H32N3O5S+. The van der Waals surface area contributed by atoms with Crippen molar-refractivity contribution in [3.63, 3.8) is 0 Å². The Morgan fingerprint density at radius 3 is 2.38 bits per heavy atom. The van der Waals surface area contributed by atoms with Gasteiger partial charge in [-0.3, -0.25) is 9.59 Å². The number of likely N-dealkylation sites (tertiary alicyclic amines) is 1. The summed E-state index contributed by atoms with van der Waals surface area (Å²) in [5.74, 6) is -0.382. The average molecular weight is 427 g/mol. The zero-order valence-corrected chi connectivity index (χ0v) is 18.3. The highest BCUT2D eigenvalue weighted by molar-refractivity contribution is 7.89. The average Bonchev–Trinajstić information content (AvgIpc) is 2.72. The van der Waals surface area contributed by atoms with E-state index in [2.05, 4.69) is 5.32 Å². The number of nitrogens with zero attached hydrogens (tertiary/aromatic N) is 1. The van der Waals surface area contributed by atoms with Crippen LogP contribution in [0, 0.1) is 5.92 Å². The number of anilines is 1. The van der Waals surface area contributed by atoms with Crippen molar-refractivity contribution in [1.29, 1.82) is 0 Å². The fourth-order valence-corrected chi connectivity index (χ4v) is 4.64. The molecule has 0 unspecified atom stereocenters. The van der Waals surface area contributed by atoms with Crippen molar-refractivity contribution in [3.8, 4) is 0 Å². The first kappa shape index (κ1) is 23.3. The van der Waals surface area contributed by atoms with Gasteiger partial charge in [-0.15, -0.1) is 0 Å². The molecule has 29 heavy (non-hydrogen) atoms. The molecule has 0 aliphatic carbocycles. The smallest absolute Gasteiger partial charge is 0.309 e. The molecule has 1 aromatic carbocycles. The molecule has 1 heterocycles. The van der Waals surface area contributed by atoms with E-state index in [1.807, 2.05) is 6.92 Å². The van der Waals surface area contributed by atoms with Crippen molar-refractivity contribution in [2.75, 3.05) is 45.7 Å². The summed E-state index contributed by atoms with van der Waals surface area (Å²) in [6.45, 7) is 4.30. The van der Waals surface area contributed by atoms with E-state index in [0.717, 1.165) is 30.8 Å². The van der Waals surface area contributed by atoms with Crippen molar-refractivity contribution >= 4 is 27.6 Å². The maximum atomic E-state index is 12.5. The number of esters is 1. The Labute approximate surface area is 173 Å². The first-order valence-electron chi connectivity index (χ1n) is 10.1. The van der Waals surface area contributed by atoms with Gasteiger partial charge >= 0.3 is 5.97 Å². The molecule has 0 radical (unpaired) electrons. The summed E-state index contributed by atoms with van der Waals surface area (Å²) < 4.78 is 31.2. The second kappa shape index (κ2) is 10.7. The number of carbonyl (C=O) groups excluding carboxylic acids is 2. The number of rotatable bonds is 9. The highest BCUT2D eigenvalue weighted by Crippen LogP contribution is 2.18. The zero-order valence-electron chi connectivity index (χ0n) is 17.4. The Morgan fingerprint density at radius 2 is 1.83 bits per heavy atom. The molecule has 1 aliphatic rings. The van der Waals surface area contributed by atoms with Gasteiger partial charge in [0, 0.05) is 32.1 Å². The van der Waals surface area contributed by atoms with Crippen LogP contribution in [0.3, 0.4) is 0 Å². The fourth-order valence-electron chi connectivity index (χ4n) is 3.43. The largest absolute Gasteiger partial charge is 0.469 e.